The molecule has 0 unspecified atom stereocenters. The van der Waals surface area contributed by atoms with Gasteiger partial charge in [-0.3, -0.25) is 9.59 Å². The molecular formula is C23H27ClN2O4. The van der Waals surface area contributed by atoms with E-state index in [0.29, 0.717) is 39.6 Å². The van der Waals surface area contributed by atoms with Gasteiger partial charge in [0.1, 0.15) is 5.69 Å². The minimum Gasteiger partial charge on any atom is -0.464 e. The van der Waals surface area contributed by atoms with Gasteiger partial charge in [0, 0.05) is 23.8 Å². The van der Waals surface area contributed by atoms with Gasteiger partial charge in [-0.15, -0.1) is 0 Å². The third-order valence-corrected chi connectivity index (χ3v) is 6.11. The van der Waals surface area contributed by atoms with Crippen molar-refractivity contribution < 1.29 is 19.1 Å². The second-order valence-electron chi connectivity index (χ2n) is 7.63. The summed E-state index contributed by atoms with van der Waals surface area (Å²) in [5.41, 5.74) is 2.53. The van der Waals surface area contributed by atoms with Crippen LogP contribution in [-0.2, 0) is 11.3 Å². The number of esters is 1. The largest absolute Gasteiger partial charge is 0.464 e. The van der Waals surface area contributed by atoms with Crippen molar-refractivity contribution in [3.05, 3.63) is 57.4 Å². The summed E-state index contributed by atoms with van der Waals surface area (Å²) in [6, 6.07) is 6.21. The molecule has 1 fully saturated rings. The Bertz CT molecular complexity index is 1010. The first kappa shape index (κ1) is 22.1. The van der Waals surface area contributed by atoms with Gasteiger partial charge in [0.25, 0.3) is 5.91 Å². The summed E-state index contributed by atoms with van der Waals surface area (Å²) >= 11 is 6.25. The minimum atomic E-state index is -0.683. The van der Waals surface area contributed by atoms with Gasteiger partial charge in [-0.2, -0.15) is 0 Å². The van der Waals surface area contributed by atoms with Crippen molar-refractivity contribution in [2.45, 2.75) is 59.2 Å². The monoisotopic (exact) mass is 430 g/mol. The lowest BCUT2D eigenvalue weighted by molar-refractivity contribution is 0.0586. The average molecular weight is 431 g/mol. The molecule has 3 rings (SSSR count). The maximum Gasteiger partial charge on any atom is 0.354 e. The van der Waals surface area contributed by atoms with Crippen molar-refractivity contribution in [1.29, 1.82) is 0 Å². The Morgan fingerprint density at radius 3 is 2.40 bits per heavy atom. The maximum absolute atomic E-state index is 13.6. The van der Waals surface area contributed by atoms with Gasteiger partial charge >= 0.3 is 5.97 Å². The number of benzene rings is 1. The molecule has 0 radical (unpaired) electrons. The Kier molecular flexibility index (Phi) is 6.36. The third-order valence-electron chi connectivity index (χ3n) is 5.78. The molecule has 0 bridgehead atoms. The summed E-state index contributed by atoms with van der Waals surface area (Å²) in [4.78, 5) is 40.8. The van der Waals surface area contributed by atoms with Crippen molar-refractivity contribution in [3.63, 3.8) is 0 Å². The minimum absolute atomic E-state index is 0.0154. The van der Waals surface area contributed by atoms with E-state index in [1.807, 2.05) is 13.8 Å². The smallest absolute Gasteiger partial charge is 0.354 e. The number of nitrogens with zero attached hydrogens (tertiary/aromatic N) is 2. The Balaban J connectivity index is 2.02. The number of ether oxygens (including phenoxy) is 1. The molecule has 0 spiro atoms. The predicted octanol–water partition coefficient (Wildman–Crippen LogP) is 4.44. The molecule has 1 aliphatic rings. The van der Waals surface area contributed by atoms with Crippen molar-refractivity contribution in [3.8, 4) is 0 Å². The van der Waals surface area contributed by atoms with Crippen LogP contribution in [0.1, 0.15) is 69.2 Å². The van der Waals surface area contributed by atoms with Crippen molar-refractivity contribution in [2.75, 3.05) is 7.11 Å². The normalized spacial score (nSPS) is 14.3. The average Bonchev–Trinajstić information content (AvgIpc) is 3.52. The molecule has 0 N–H and O–H groups in total. The van der Waals surface area contributed by atoms with Gasteiger partial charge in [-0.05, 0) is 58.2 Å². The number of Topliss-reactive ketones (excluding diaryl/α,β-unsaturated/α-hetero) is 1. The second-order valence-corrected chi connectivity index (χ2v) is 8.04. The number of hydrogen-bond acceptors (Lipinski definition) is 4. The SMILES string of the molecule is CCn1c(C)c(C(=O)[C@@H](C)N(C(=O)c2ccccc2Cl)C2CC2)c(C)c1C(=O)OC. The molecule has 0 saturated heterocycles. The number of hydrogen-bond donors (Lipinski definition) is 0. The molecule has 1 heterocycles. The molecule has 6 nitrogen and oxygen atoms in total. The summed E-state index contributed by atoms with van der Waals surface area (Å²) < 4.78 is 6.71. The summed E-state index contributed by atoms with van der Waals surface area (Å²) in [6.45, 7) is 7.76. The van der Waals surface area contributed by atoms with E-state index < -0.39 is 12.0 Å². The number of methoxy groups -OCH3 is 1. The Morgan fingerprint density at radius 2 is 1.87 bits per heavy atom. The van der Waals surface area contributed by atoms with Crippen LogP contribution in [0.2, 0.25) is 5.02 Å². The first-order valence-corrected chi connectivity index (χ1v) is 10.5. The highest BCUT2D eigenvalue weighted by atomic mass is 35.5. The lowest BCUT2D eigenvalue weighted by Crippen LogP contribution is -2.45. The van der Waals surface area contributed by atoms with Crippen LogP contribution in [0.3, 0.4) is 0 Å². The summed E-state index contributed by atoms with van der Waals surface area (Å²) in [5, 5.41) is 0.366. The number of rotatable bonds is 7. The van der Waals surface area contributed by atoms with Gasteiger partial charge in [-0.25, -0.2) is 4.79 Å². The van der Waals surface area contributed by atoms with E-state index in [9.17, 15) is 14.4 Å². The van der Waals surface area contributed by atoms with E-state index in [1.54, 1.807) is 47.6 Å². The number of halogens is 1. The highest BCUT2D eigenvalue weighted by Crippen LogP contribution is 2.34. The molecule has 30 heavy (non-hydrogen) atoms. The van der Waals surface area contributed by atoms with Crippen molar-refractivity contribution in [1.82, 2.24) is 9.47 Å². The van der Waals surface area contributed by atoms with E-state index in [1.165, 1.54) is 7.11 Å². The zero-order valence-corrected chi connectivity index (χ0v) is 18.7. The van der Waals surface area contributed by atoms with Crippen molar-refractivity contribution in [2.24, 2.45) is 0 Å². The molecule has 1 aromatic carbocycles. The van der Waals surface area contributed by atoms with E-state index in [4.69, 9.17) is 16.3 Å². The number of ketones is 1. The van der Waals surface area contributed by atoms with Gasteiger partial charge in [0.2, 0.25) is 0 Å². The van der Waals surface area contributed by atoms with Gasteiger partial charge < -0.3 is 14.2 Å². The second kappa shape index (κ2) is 8.64. The first-order valence-electron chi connectivity index (χ1n) is 10.1. The van der Waals surface area contributed by atoms with Gasteiger partial charge in [-0.1, -0.05) is 23.7 Å². The molecule has 1 atom stereocenters. The highest BCUT2D eigenvalue weighted by Gasteiger charge is 2.41. The Hall–Kier alpha value is -2.60. The third kappa shape index (κ3) is 3.76. The molecule has 2 aromatic rings. The standard InChI is InChI=1S/C23H27ClN2O4/c1-6-25-14(3)19(13(2)20(25)23(29)30-5)21(27)15(4)26(16-11-12-16)22(28)17-9-7-8-10-18(17)24/h7-10,15-16H,6,11-12H2,1-5H3/t15-/m1/s1. The van der Waals surface area contributed by atoms with Crippen molar-refractivity contribution >= 4 is 29.3 Å². The summed E-state index contributed by atoms with van der Waals surface area (Å²) in [5.74, 6) is -0.910. The quantitative estimate of drug-likeness (QED) is 0.481. The van der Waals surface area contributed by atoms with E-state index >= 15 is 0 Å². The van der Waals surface area contributed by atoms with E-state index in [-0.39, 0.29) is 17.7 Å². The van der Waals surface area contributed by atoms with E-state index in [0.717, 1.165) is 12.8 Å². The van der Waals surface area contributed by atoms with E-state index in [2.05, 4.69) is 0 Å². The van der Waals surface area contributed by atoms with Crippen LogP contribution in [0.5, 0.6) is 0 Å². The highest BCUT2D eigenvalue weighted by molar-refractivity contribution is 6.33. The molecule has 1 aromatic heterocycles. The van der Waals surface area contributed by atoms with Crippen LogP contribution < -0.4 is 0 Å². The molecular weight excluding hydrogens is 404 g/mol. The fraction of sp³-hybridized carbons (Fsp3) is 0.435. The zero-order chi connectivity index (χ0) is 22.2. The fourth-order valence-electron chi connectivity index (χ4n) is 4.13. The summed E-state index contributed by atoms with van der Waals surface area (Å²) in [6.07, 6.45) is 1.71. The lowest BCUT2D eigenvalue weighted by Gasteiger charge is -2.29. The molecule has 0 aliphatic heterocycles. The number of aromatic nitrogens is 1. The predicted molar refractivity (Wildman–Crippen MR) is 115 cm³/mol. The van der Waals surface area contributed by atoms with Gasteiger partial charge in [0.05, 0.1) is 23.7 Å². The van der Waals surface area contributed by atoms with Crippen LogP contribution in [0.4, 0.5) is 0 Å². The Morgan fingerprint density at radius 1 is 1.23 bits per heavy atom. The van der Waals surface area contributed by atoms with Crippen LogP contribution in [-0.4, -0.2) is 46.3 Å². The lowest BCUT2D eigenvalue weighted by atomic mass is 9.99. The van der Waals surface area contributed by atoms with Crippen LogP contribution in [0.15, 0.2) is 24.3 Å². The van der Waals surface area contributed by atoms with Crippen LogP contribution in [0.25, 0.3) is 0 Å². The summed E-state index contributed by atoms with van der Waals surface area (Å²) in [7, 11) is 1.32. The fourth-order valence-corrected chi connectivity index (χ4v) is 4.35. The Labute approximate surface area is 181 Å². The maximum atomic E-state index is 13.6. The molecule has 1 aliphatic carbocycles. The number of carbonyl (C=O) groups is 3. The van der Waals surface area contributed by atoms with Crippen LogP contribution in [0, 0.1) is 13.8 Å². The molecule has 7 heteroatoms. The zero-order valence-electron chi connectivity index (χ0n) is 18.0. The molecule has 160 valence electrons. The number of carbonyl (C=O) groups excluding carboxylic acids is 3. The van der Waals surface area contributed by atoms with Crippen LogP contribution >= 0.6 is 11.6 Å². The topological polar surface area (TPSA) is 68.6 Å². The molecule has 1 saturated carbocycles. The molecule has 1 amide bonds. The van der Waals surface area contributed by atoms with Gasteiger partial charge in [0.15, 0.2) is 5.78 Å². The number of amides is 1. The first-order chi connectivity index (χ1) is 14.2.